The molecule has 1 atom stereocenters. The van der Waals surface area contributed by atoms with Crippen LogP contribution in [0.1, 0.15) is 29.5 Å². The van der Waals surface area contributed by atoms with E-state index < -0.39 is 0 Å². The molecule has 0 radical (unpaired) electrons. The molecule has 1 aromatic rings. The number of aryl methyl sites for hydroxylation is 3. The van der Waals surface area contributed by atoms with Gasteiger partial charge in [-0.05, 0) is 51.3 Å². The number of rotatable bonds is 4. The highest BCUT2D eigenvalue weighted by Crippen LogP contribution is 2.22. The van der Waals surface area contributed by atoms with Crippen molar-refractivity contribution in [3.8, 4) is 0 Å². The lowest BCUT2D eigenvalue weighted by Gasteiger charge is -2.26. The van der Waals surface area contributed by atoms with Crippen molar-refractivity contribution in [2.75, 3.05) is 32.0 Å². The molecule has 2 amide bonds. The van der Waals surface area contributed by atoms with Crippen LogP contribution in [0.5, 0.6) is 0 Å². The second kappa shape index (κ2) is 7.59. The minimum Gasteiger partial charge on any atom is -0.336 e. The predicted molar refractivity (Wildman–Crippen MR) is 92.5 cm³/mol. The van der Waals surface area contributed by atoms with Gasteiger partial charge < -0.3 is 15.5 Å². The third-order valence-corrected chi connectivity index (χ3v) is 4.34. The van der Waals surface area contributed by atoms with Crippen molar-refractivity contribution in [3.63, 3.8) is 0 Å². The van der Waals surface area contributed by atoms with Gasteiger partial charge in [-0.1, -0.05) is 17.7 Å². The molecule has 2 rings (SSSR count). The number of amides is 2. The van der Waals surface area contributed by atoms with Gasteiger partial charge in [0.2, 0.25) is 11.8 Å². The molecule has 0 bridgehead atoms. The molecule has 0 aromatic heterocycles. The molecule has 1 fully saturated rings. The van der Waals surface area contributed by atoms with Gasteiger partial charge in [0.15, 0.2) is 0 Å². The Kier molecular flexibility index (Phi) is 5.77. The Labute approximate surface area is 138 Å². The highest BCUT2D eigenvalue weighted by molar-refractivity contribution is 5.96. The molecule has 5 nitrogen and oxygen atoms in total. The summed E-state index contributed by atoms with van der Waals surface area (Å²) in [5.41, 5.74) is 4.11. The maximum Gasteiger partial charge on any atom is 0.243 e. The zero-order valence-electron chi connectivity index (χ0n) is 14.5. The second-order valence-corrected chi connectivity index (χ2v) is 6.56. The molecule has 1 aromatic carbocycles. The number of nitrogens with zero attached hydrogens (tertiary/aromatic N) is 1. The minimum absolute atomic E-state index is 0.00982. The van der Waals surface area contributed by atoms with Gasteiger partial charge in [0, 0.05) is 19.3 Å². The number of hydrogen-bond donors (Lipinski definition) is 2. The summed E-state index contributed by atoms with van der Waals surface area (Å²) in [7, 11) is 1.70. The lowest BCUT2D eigenvalue weighted by molar-refractivity contribution is -0.137. The smallest absolute Gasteiger partial charge is 0.243 e. The Morgan fingerprint density at radius 1 is 1.26 bits per heavy atom. The third kappa shape index (κ3) is 4.55. The molecule has 1 heterocycles. The van der Waals surface area contributed by atoms with Gasteiger partial charge in [0.1, 0.15) is 0 Å². The summed E-state index contributed by atoms with van der Waals surface area (Å²) >= 11 is 0. The quantitative estimate of drug-likeness (QED) is 0.893. The summed E-state index contributed by atoms with van der Waals surface area (Å²) in [5.74, 6) is -0.117. The van der Waals surface area contributed by atoms with Gasteiger partial charge in [0.05, 0.1) is 12.5 Å². The maximum atomic E-state index is 12.4. The van der Waals surface area contributed by atoms with Crippen LogP contribution in [0.25, 0.3) is 0 Å². The molecule has 23 heavy (non-hydrogen) atoms. The van der Waals surface area contributed by atoms with E-state index in [2.05, 4.69) is 10.6 Å². The van der Waals surface area contributed by atoms with Crippen LogP contribution >= 0.6 is 0 Å². The Morgan fingerprint density at radius 3 is 2.48 bits per heavy atom. The lowest BCUT2D eigenvalue weighted by atomic mass is 9.98. The van der Waals surface area contributed by atoms with Crippen molar-refractivity contribution in [2.24, 2.45) is 5.92 Å². The molecule has 5 heteroatoms. The van der Waals surface area contributed by atoms with Crippen LogP contribution in [0.15, 0.2) is 12.1 Å². The fourth-order valence-electron chi connectivity index (χ4n) is 3.22. The maximum absolute atomic E-state index is 12.4. The first-order valence-electron chi connectivity index (χ1n) is 8.22. The van der Waals surface area contributed by atoms with Crippen molar-refractivity contribution in [1.29, 1.82) is 0 Å². The Morgan fingerprint density at radius 2 is 1.91 bits per heavy atom. The van der Waals surface area contributed by atoms with E-state index >= 15 is 0 Å². The van der Waals surface area contributed by atoms with Gasteiger partial charge in [-0.2, -0.15) is 0 Å². The summed E-state index contributed by atoms with van der Waals surface area (Å²) < 4.78 is 0. The Hall–Kier alpha value is -1.88. The first-order valence-corrected chi connectivity index (χ1v) is 8.22. The van der Waals surface area contributed by atoms with Gasteiger partial charge in [0.25, 0.3) is 0 Å². The largest absolute Gasteiger partial charge is 0.336 e. The van der Waals surface area contributed by atoms with Crippen molar-refractivity contribution in [1.82, 2.24) is 10.2 Å². The van der Waals surface area contributed by atoms with Crippen LogP contribution in [0.3, 0.4) is 0 Å². The third-order valence-electron chi connectivity index (χ3n) is 4.34. The monoisotopic (exact) mass is 317 g/mol. The van der Waals surface area contributed by atoms with Gasteiger partial charge in [-0.15, -0.1) is 0 Å². The van der Waals surface area contributed by atoms with E-state index in [0.29, 0.717) is 6.54 Å². The molecule has 0 saturated carbocycles. The zero-order valence-corrected chi connectivity index (χ0v) is 14.5. The van der Waals surface area contributed by atoms with Gasteiger partial charge in [-0.25, -0.2) is 0 Å². The van der Waals surface area contributed by atoms with E-state index in [4.69, 9.17) is 0 Å². The van der Waals surface area contributed by atoms with Crippen molar-refractivity contribution in [3.05, 3.63) is 28.8 Å². The molecule has 126 valence electrons. The zero-order chi connectivity index (χ0) is 17.0. The Bertz CT molecular complexity index is 569. The molecular formula is C18H27N3O2. The van der Waals surface area contributed by atoms with Crippen molar-refractivity contribution < 1.29 is 9.59 Å². The number of carbonyl (C=O) groups excluding carboxylic acids is 2. The molecule has 0 aliphatic carbocycles. The van der Waals surface area contributed by atoms with E-state index in [9.17, 15) is 9.59 Å². The number of anilines is 1. The van der Waals surface area contributed by atoms with Gasteiger partial charge in [-0.3, -0.25) is 9.59 Å². The number of hydrogen-bond acceptors (Lipinski definition) is 3. The fraction of sp³-hybridized carbons (Fsp3) is 0.556. The summed E-state index contributed by atoms with van der Waals surface area (Å²) in [6.07, 6.45) is 1.91. The first kappa shape index (κ1) is 17.5. The molecule has 0 spiro atoms. The number of likely N-dealkylation sites (N-methyl/N-ethyl adjacent to an activating group) is 1. The van der Waals surface area contributed by atoms with E-state index in [1.807, 2.05) is 32.9 Å². The average Bonchev–Trinajstić information content (AvgIpc) is 2.51. The lowest BCUT2D eigenvalue weighted by Crippen LogP contribution is -2.44. The van der Waals surface area contributed by atoms with Crippen LogP contribution in [0.2, 0.25) is 0 Å². The molecule has 1 aliphatic rings. The summed E-state index contributed by atoms with van der Waals surface area (Å²) in [4.78, 5) is 26.2. The highest BCUT2D eigenvalue weighted by Gasteiger charge is 2.25. The number of carbonyl (C=O) groups is 2. The minimum atomic E-state index is -0.153. The van der Waals surface area contributed by atoms with Crippen LogP contribution in [-0.4, -0.2) is 43.4 Å². The molecule has 1 unspecified atom stereocenters. The van der Waals surface area contributed by atoms with E-state index in [0.717, 1.165) is 36.2 Å². The van der Waals surface area contributed by atoms with Crippen LogP contribution in [0.4, 0.5) is 5.69 Å². The topological polar surface area (TPSA) is 61.4 Å². The standard InChI is InChI=1S/C18H27N3O2/c1-12-8-13(2)17(14(3)9-12)20-16(22)11-21(4)18(23)15-6-5-7-19-10-15/h8-9,15,19H,5-7,10-11H2,1-4H3,(H,20,22). The molecule has 1 saturated heterocycles. The number of nitrogens with one attached hydrogen (secondary N) is 2. The van der Waals surface area contributed by atoms with Crippen LogP contribution in [-0.2, 0) is 9.59 Å². The highest BCUT2D eigenvalue weighted by atomic mass is 16.2. The van der Waals surface area contributed by atoms with Crippen molar-refractivity contribution in [2.45, 2.75) is 33.6 Å². The number of piperidine rings is 1. The van der Waals surface area contributed by atoms with E-state index in [1.54, 1.807) is 7.05 Å². The normalized spacial score (nSPS) is 17.7. The Balaban J connectivity index is 1.95. The molecule has 1 aliphatic heterocycles. The fourth-order valence-corrected chi connectivity index (χ4v) is 3.22. The summed E-state index contributed by atoms with van der Waals surface area (Å²) in [5, 5.41) is 6.18. The average molecular weight is 317 g/mol. The molecular weight excluding hydrogens is 290 g/mol. The van der Waals surface area contributed by atoms with Crippen LogP contribution in [0, 0.1) is 26.7 Å². The van der Waals surface area contributed by atoms with Gasteiger partial charge >= 0.3 is 0 Å². The SMILES string of the molecule is Cc1cc(C)c(NC(=O)CN(C)C(=O)C2CCCNC2)c(C)c1. The summed E-state index contributed by atoms with van der Waals surface area (Å²) in [6.45, 7) is 7.77. The van der Waals surface area contributed by atoms with Crippen LogP contribution < -0.4 is 10.6 Å². The molecule has 2 N–H and O–H groups in total. The first-order chi connectivity index (χ1) is 10.9. The number of benzene rings is 1. The van der Waals surface area contributed by atoms with Crippen molar-refractivity contribution >= 4 is 17.5 Å². The van der Waals surface area contributed by atoms with E-state index in [-0.39, 0.29) is 24.3 Å². The predicted octanol–water partition coefficient (Wildman–Crippen LogP) is 2.01. The summed E-state index contributed by atoms with van der Waals surface area (Å²) in [6, 6.07) is 4.09. The van der Waals surface area contributed by atoms with E-state index in [1.165, 1.54) is 10.5 Å². The second-order valence-electron chi connectivity index (χ2n) is 6.56.